The van der Waals surface area contributed by atoms with Gasteiger partial charge in [-0.1, -0.05) is 18.1 Å². The van der Waals surface area contributed by atoms with Crippen molar-refractivity contribution in [2.75, 3.05) is 6.54 Å². The van der Waals surface area contributed by atoms with Crippen molar-refractivity contribution in [3.63, 3.8) is 0 Å². The maximum Gasteiger partial charge on any atom is 0.0944 e. The molecular weight excluding hydrogens is 250 g/mol. The summed E-state index contributed by atoms with van der Waals surface area (Å²) in [5.74, 6) is 0.756. The number of hydrogen-bond donors (Lipinski definition) is 2. The smallest absolute Gasteiger partial charge is 0.0944 e. The van der Waals surface area contributed by atoms with E-state index in [0.717, 1.165) is 11.5 Å². The van der Waals surface area contributed by atoms with Crippen LogP contribution in [-0.4, -0.2) is 27.5 Å². The highest BCUT2D eigenvalue weighted by molar-refractivity contribution is 5.19. The molecule has 3 atom stereocenters. The Hall–Kier alpha value is -1.13. The van der Waals surface area contributed by atoms with Crippen LogP contribution in [0.4, 0.5) is 0 Å². The largest absolute Gasteiger partial charge is 0.387 e. The van der Waals surface area contributed by atoms with Gasteiger partial charge in [-0.25, -0.2) is 0 Å². The van der Waals surface area contributed by atoms with Gasteiger partial charge in [-0.2, -0.15) is 5.10 Å². The maximum atomic E-state index is 10.2. The van der Waals surface area contributed by atoms with E-state index in [4.69, 9.17) is 0 Å². The van der Waals surface area contributed by atoms with Crippen molar-refractivity contribution < 1.29 is 5.11 Å². The number of hydrogen-bond acceptors (Lipinski definition) is 3. The molecule has 1 fully saturated rings. The zero-order valence-electron chi connectivity index (χ0n) is 13.1. The second-order valence-corrected chi connectivity index (χ2v) is 6.33. The van der Waals surface area contributed by atoms with E-state index in [9.17, 15) is 5.11 Å². The molecule has 1 saturated carbocycles. The van der Waals surface area contributed by atoms with Gasteiger partial charge in [-0.05, 0) is 39.0 Å². The fourth-order valence-electron chi connectivity index (χ4n) is 3.03. The highest BCUT2D eigenvalue weighted by Crippen LogP contribution is 2.30. The second kappa shape index (κ2) is 6.55. The van der Waals surface area contributed by atoms with E-state index >= 15 is 0 Å². The molecule has 0 radical (unpaired) electrons. The standard InChI is InChI=1S/C16H27N3O/c1-11(2)14-6-5-12(3)7-15(14)17-9-16(20)13-8-18-19(4)10-13/h8,10,12,15-17,20H,5-7,9H2,1-4H3/t12-,15?,16?/m1/s1. The molecule has 0 aromatic carbocycles. The zero-order valence-corrected chi connectivity index (χ0v) is 13.1. The molecule has 112 valence electrons. The Labute approximate surface area is 121 Å². The van der Waals surface area contributed by atoms with Crippen LogP contribution in [0.3, 0.4) is 0 Å². The fraction of sp³-hybridized carbons (Fsp3) is 0.688. The van der Waals surface area contributed by atoms with E-state index in [1.54, 1.807) is 10.9 Å². The van der Waals surface area contributed by atoms with Gasteiger partial charge < -0.3 is 10.4 Å². The van der Waals surface area contributed by atoms with Crippen molar-refractivity contribution in [2.45, 2.75) is 52.2 Å². The summed E-state index contributed by atoms with van der Waals surface area (Å²) in [4.78, 5) is 0. The van der Waals surface area contributed by atoms with Gasteiger partial charge in [-0.15, -0.1) is 0 Å². The van der Waals surface area contributed by atoms with Crippen molar-refractivity contribution in [1.82, 2.24) is 15.1 Å². The molecular formula is C16H27N3O. The third-order valence-corrected chi connectivity index (χ3v) is 4.27. The molecule has 1 heterocycles. The van der Waals surface area contributed by atoms with Gasteiger partial charge in [0.2, 0.25) is 0 Å². The van der Waals surface area contributed by atoms with Crippen LogP contribution in [0.5, 0.6) is 0 Å². The third kappa shape index (κ3) is 3.70. The Kier molecular flexibility index (Phi) is 5.00. The van der Waals surface area contributed by atoms with Crippen LogP contribution in [0.1, 0.15) is 51.7 Å². The monoisotopic (exact) mass is 277 g/mol. The molecule has 2 N–H and O–H groups in total. The minimum atomic E-state index is -0.487. The number of allylic oxidation sites excluding steroid dienone is 1. The van der Waals surface area contributed by atoms with E-state index in [1.165, 1.54) is 30.4 Å². The summed E-state index contributed by atoms with van der Waals surface area (Å²) >= 11 is 0. The Morgan fingerprint density at radius 2 is 2.30 bits per heavy atom. The molecule has 4 heteroatoms. The van der Waals surface area contributed by atoms with Gasteiger partial charge >= 0.3 is 0 Å². The van der Waals surface area contributed by atoms with Crippen LogP contribution in [0, 0.1) is 5.92 Å². The molecule has 1 aromatic rings. The lowest BCUT2D eigenvalue weighted by Gasteiger charge is -2.32. The lowest BCUT2D eigenvalue weighted by molar-refractivity contribution is 0.167. The van der Waals surface area contributed by atoms with Crippen molar-refractivity contribution in [3.8, 4) is 0 Å². The summed E-state index contributed by atoms with van der Waals surface area (Å²) in [6, 6.07) is 0.412. The van der Waals surface area contributed by atoms with E-state index in [-0.39, 0.29) is 0 Å². The quantitative estimate of drug-likeness (QED) is 0.832. The van der Waals surface area contributed by atoms with Gasteiger partial charge in [0.1, 0.15) is 0 Å². The molecule has 0 saturated heterocycles. The summed E-state index contributed by atoms with van der Waals surface area (Å²) < 4.78 is 1.72. The van der Waals surface area contributed by atoms with Gasteiger partial charge in [0.05, 0.1) is 12.3 Å². The van der Waals surface area contributed by atoms with E-state index in [2.05, 4.69) is 31.2 Å². The highest BCUT2D eigenvalue weighted by Gasteiger charge is 2.24. The lowest BCUT2D eigenvalue weighted by Crippen LogP contribution is -2.38. The first-order chi connectivity index (χ1) is 9.47. The van der Waals surface area contributed by atoms with Crippen molar-refractivity contribution >= 4 is 0 Å². The van der Waals surface area contributed by atoms with E-state index in [1.807, 2.05) is 13.2 Å². The predicted molar refractivity (Wildman–Crippen MR) is 81.3 cm³/mol. The first kappa shape index (κ1) is 15.3. The topological polar surface area (TPSA) is 50.1 Å². The van der Waals surface area contributed by atoms with Crippen LogP contribution in [0.15, 0.2) is 23.5 Å². The Bertz CT molecular complexity index is 474. The minimum Gasteiger partial charge on any atom is -0.387 e. The summed E-state index contributed by atoms with van der Waals surface area (Å²) in [5.41, 5.74) is 3.83. The first-order valence-corrected chi connectivity index (χ1v) is 7.53. The predicted octanol–water partition coefficient (Wildman–Crippen LogP) is 2.57. The van der Waals surface area contributed by atoms with Crippen molar-refractivity contribution in [3.05, 3.63) is 29.1 Å². The van der Waals surface area contributed by atoms with E-state index < -0.39 is 6.10 Å². The number of aromatic nitrogens is 2. The summed E-state index contributed by atoms with van der Waals surface area (Å²) in [7, 11) is 1.87. The SMILES string of the molecule is CC(C)=C1CC[C@@H](C)CC1NCC(O)c1cnn(C)c1. The first-order valence-electron chi connectivity index (χ1n) is 7.53. The molecule has 0 amide bonds. The van der Waals surface area contributed by atoms with E-state index in [0.29, 0.717) is 12.6 Å². The Morgan fingerprint density at radius 3 is 2.90 bits per heavy atom. The number of aliphatic hydroxyl groups is 1. The van der Waals surface area contributed by atoms with Crippen molar-refractivity contribution in [2.24, 2.45) is 13.0 Å². The fourth-order valence-corrected chi connectivity index (χ4v) is 3.03. The van der Waals surface area contributed by atoms with Crippen LogP contribution < -0.4 is 5.32 Å². The Morgan fingerprint density at radius 1 is 1.55 bits per heavy atom. The average molecular weight is 277 g/mol. The van der Waals surface area contributed by atoms with Crippen LogP contribution >= 0.6 is 0 Å². The molecule has 0 spiro atoms. The number of nitrogens with zero attached hydrogens (tertiary/aromatic N) is 2. The van der Waals surface area contributed by atoms with Gasteiger partial charge in [0, 0.05) is 31.4 Å². The van der Waals surface area contributed by atoms with Crippen LogP contribution in [0.2, 0.25) is 0 Å². The van der Waals surface area contributed by atoms with Crippen molar-refractivity contribution in [1.29, 1.82) is 0 Å². The molecule has 2 unspecified atom stereocenters. The number of aliphatic hydroxyl groups excluding tert-OH is 1. The molecule has 0 aliphatic heterocycles. The normalized spacial score (nSPS) is 24.8. The summed E-state index contributed by atoms with van der Waals surface area (Å²) in [6.45, 7) is 7.28. The Balaban J connectivity index is 1.95. The molecule has 1 aromatic heterocycles. The minimum absolute atomic E-state index is 0.412. The molecule has 2 rings (SSSR count). The number of aryl methyl sites for hydroxylation is 1. The van der Waals surface area contributed by atoms with Crippen LogP contribution in [0.25, 0.3) is 0 Å². The highest BCUT2D eigenvalue weighted by atomic mass is 16.3. The molecule has 20 heavy (non-hydrogen) atoms. The van der Waals surface area contributed by atoms with Gasteiger partial charge in [-0.3, -0.25) is 4.68 Å². The second-order valence-electron chi connectivity index (χ2n) is 6.33. The van der Waals surface area contributed by atoms with Gasteiger partial charge in [0.25, 0.3) is 0 Å². The molecule has 1 aliphatic carbocycles. The lowest BCUT2D eigenvalue weighted by atomic mass is 9.81. The zero-order chi connectivity index (χ0) is 14.7. The summed E-state index contributed by atoms with van der Waals surface area (Å²) in [5, 5.41) is 17.9. The molecule has 4 nitrogen and oxygen atoms in total. The maximum absolute atomic E-state index is 10.2. The summed E-state index contributed by atoms with van der Waals surface area (Å²) in [6.07, 6.45) is 6.75. The molecule has 1 aliphatic rings. The molecule has 0 bridgehead atoms. The van der Waals surface area contributed by atoms with Gasteiger partial charge in [0.15, 0.2) is 0 Å². The third-order valence-electron chi connectivity index (χ3n) is 4.27. The number of nitrogens with one attached hydrogen (secondary N) is 1. The van der Waals surface area contributed by atoms with Crippen LogP contribution in [-0.2, 0) is 7.05 Å². The number of rotatable bonds is 4. The average Bonchev–Trinajstić information content (AvgIpc) is 2.82.